The van der Waals surface area contributed by atoms with E-state index in [0.29, 0.717) is 12.0 Å². The van der Waals surface area contributed by atoms with Gasteiger partial charge in [0.1, 0.15) is 0 Å². The van der Waals surface area contributed by atoms with Crippen LogP contribution in [-0.2, 0) is 30.3 Å². The molecule has 0 saturated heterocycles. The van der Waals surface area contributed by atoms with Gasteiger partial charge in [-0.15, -0.1) is 0 Å². The summed E-state index contributed by atoms with van der Waals surface area (Å²) in [6, 6.07) is 4.02. The first-order valence-electron chi connectivity index (χ1n) is 10.5. The number of hydrogen-bond donors (Lipinski definition) is 2. The number of rotatable bonds is 11. The molecule has 1 rings (SSSR count). The molecule has 0 aliphatic heterocycles. The van der Waals surface area contributed by atoms with Crippen molar-refractivity contribution in [1.29, 1.82) is 0 Å². The van der Waals surface area contributed by atoms with Crippen LogP contribution in [0.1, 0.15) is 60.5 Å². The zero-order chi connectivity index (χ0) is 24.6. The average molecular weight is 452 g/mol. The van der Waals surface area contributed by atoms with Crippen molar-refractivity contribution in [2.24, 2.45) is 11.8 Å². The van der Waals surface area contributed by atoms with E-state index in [0.717, 1.165) is 0 Å². The van der Waals surface area contributed by atoms with Gasteiger partial charge in [0.25, 0.3) is 5.72 Å². The molecule has 32 heavy (non-hydrogen) atoms. The molecule has 0 spiro atoms. The number of carbonyl (C=O) groups excluding carboxylic acids is 3. The summed E-state index contributed by atoms with van der Waals surface area (Å²) >= 11 is 0. The highest BCUT2D eigenvalue weighted by Gasteiger charge is 2.45. The van der Waals surface area contributed by atoms with Crippen molar-refractivity contribution in [1.82, 2.24) is 5.32 Å². The lowest BCUT2D eigenvalue weighted by Gasteiger charge is -2.34. The van der Waals surface area contributed by atoms with E-state index in [1.165, 1.54) is 32.0 Å². The number of carboxylic acid groups (broad SMARTS) is 1. The number of esters is 3. The van der Waals surface area contributed by atoms with Crippen LogP contribution in [0.2, 0.25) is 0 Å². The number of carbonyl (C=O) groups is 4. The van der Waals surface area contributed by atoms with Crippen LogP contribution in [0.15, 0.2) is 18.2 Å². The van der Waals surface area contributed by atoms with E-state index in [1.807, 2.05) is 20.8 Å². The fraction of sp³-hybridized carbons (Fsp3) is 0.565. The maximum atomic E-state index is 12.7. The second kappa shape index (κ2) is 11.6. The minimum atomic E-state index is -2.05. The Morgan fingerprint density at radius 2 is 1.56 bits per heavy atom. The standard InChI is InChI=1S/C23H33NO8/c1-8-14(4)24-23(22(28)29,32-21(27)15(5)13(2)3)12-18-9-10-19(30-16(6)25)20(11-18)31-17(7)26/h9-11,13-15,24H,8,12H2,1-7H3,(H,28,29)/t14?,15?,23-/m0/s1. The van der Waals surface area contributed by atoms with Crippen molar-refractivity contribution < 1.29 is 38.5 Å². The van der Waals surface area contributed by atoms with Crippen LogP contribution in [0.5, 0.6) is 11.5 Å². The lowest BCUT2D eigenvalue weighted by atomic mass is 9.97. The van der Waals surface area contributed by atoms with Gasteiger partial charge in [-0.3, -0.25) is 19.7 Å². The zero-order valence-corrected chi connectivity index (χ0v) is 19.7. The topological polar surface area (TPSA) is 128 Å². The number of benzene rings is 1. The van der Waals surface area contributed by atoms with E-state index < -0.39 is 35.5 Å². The molecule has 9 nitrogen and oxygen atoms in total. The normalized spacial score (nSPS) is 14.8. The van der Waals surface area contributed by atoms with Gasteiger partial charge < -0.3 is 19.3 Å². The van der Waals surface area contributed by atoms with Crippen LogP contribution >= 0.6 is 0 Å². The Bertz CT molecular complexity index is 850. The third-order valence-electron chi connectivity index (χ3n) is 5.05. The van der Waals surface area contributed by atoms with Crippen LogP contribution in [0.3, 0.4) is 0 Å². The Kier molecular flexibility index (Phi) is 9.83. The Hall–Kier alpha value is -2.94. The Morgan fingerprint density at radius 3 is 2.03 bits per heavy atom. The predicted molar refractivity (Wildman–Crippen MR) is 116 cm³/mol. The van der Waals surface area contributed by atoms with E-state index in [2.05, 4.69) is 5.32 Å². The van der Waals surface area contributed by atoms with Gasteiger partial charge in [-0.1, -0.05) is 33.8 Å². The number of hydrogen-bond acceptors (Lipinski definition) is 8. The predicted octanol–water partition coefficient (Wildman–Crippen LogP) is 3.08. The van der Waals surface area contributed by atoms with Crippen LogP contribution in [0.25, 0.3) is 0 Å². The third-order valence-corrected chi connectivity index (χ3v) is 5.05. The summed E-state index contributed by atoms with van der Waals surface area (Å²) in [5.41, 5.74) is -1.66. The maximum Gasteiger partial charge on any atom is 0.364 e. The van der Waals surface area contributed by atoms with Crippen molar-refractivity contribution >= 4 is 23.9 Å². The minimum Gasteiger partial charge on any atom is -0.477 e. The smallest absolute Gasteiger partial charge is 0.364 e. The first kappa shape index (κ1) is 27.1. The molecule has 3 atom stereocenters. The molecule has 1 aromatic rings. The first-order valence-corrected chi connectivity index (χ1v) is 10.5. The van der Waals surface area contributed by atoms with Gasteiger partial charge in [-0.25, -0.2) is 4.79 Å². The summed E-state index contributed by atoms with van der Waals surface area (Å²) in [6.45, 7) is 11.4. The molecule has 178 valence electrons. The number of carboxylic acids is 1. The molecule has 0 fully saturated rings. The molecule has 0 aromatic heterocycles. The average Bonchev–Trinajstić information content (AvgIpc) is 2.67. The SMILES string of the molecule is CCC(C)N[C@@](Cc1ccc(OC(C)=O)c(OC(C)=O)c1)(OC(=O)C(C)C(C)C)C(=O)O. The number of nitrogens with one attached hydrogen (secondary N) is 1. The molecule has 0 aliphatic rings. The molecule has 0 radical (unpaired) electrons. The molecule has 0 amide bonds. The Labute approximate surface area is 188 Å². The largest absolute Gasteiger partial charge is 0.477 e. The van der Waals surface area contributed by atoms with Crippen molar-refractivity contribution in [2.75, 3.05) is 0 Å². The van der Waals surface area contributed by atoms with Gasteiger partial charge >= 0.3 is 23.9 Å². The van der Waals surface area contributed by atoms with Gasteiger partial charge in [0, 0.05) is 26.3 Å². The highest BCUT2D eigenvalue weighted by Crippen LogP contribution is 2.31. The van der Waals surface area contributed by atoms with Gasteiger partial charge in [0.05, 0.1) is 5.92 Å². The van der Waals surface area contributed by atoms with Gasteiger partial charge in [0.15, 0.2) is 11.5 Å². The van der Waals surface area contributed by atoms with E-state index in [9.17, 15) is 24.3 Å². The van der Waals surface area contributed by atoms with Crippen molar-refractivity contribution in [3.8, 4) is 11.5 Å². The van der Waals surface area contributed by atoms with Crippen LogP contribution < -0.4 is 14.8 Å². The van der Waals surface area contributed by atoms with E-state index in [-0.39, 0.29) is 29.9 Å². The second-order valence-electron chi connectivity index (χ2n) is 8.18. The quantitative estimate of drug-likeness (QED) is 0.296. The van der Waals surface area contributed by atoms with Crippen molar-refractivity contribution in [3.63, 3.8) is 0 Å². The Morgan fingerprint density at radius 1 is 1.00 bits per heavy atom. The molecule has 2 N–H and O–H groups in total. The number of ether oxygens (including phenoxy) is 3. The zero-order valence-electron chi connectivity index (χ0n) is 19.7. The summed E-state index contributed by atoms with van der Waals surface area (Å²) in [6.07, 6.45) is 0.342. The summed E-state index contributed by atoms with van der Waals surface area (Å²) in [4.78, 5) is 47.9. The van der Waals surface area contributed by atoms with E-state index in [4.69, 9.17) is 14.2 Å². The first-order chi connectivity index (χ1) is 14.8. The molecule has 2 unspecified atom stereocenters. The van der Waals surface area contributed by atoms with Gasteiger partial charge in [0.2, 0.25) is 0 Å². The monoisotopic (exact) mass is 451 g/mol. The highest BCUT2D eigenvalue weighted by molar-refractivity contribution is 5.83. The minimum absolute atomic E-state index is 0.0117. The number of aliphatic carboxylic acids is 1. The summed E-state index contributed by atoms with van der Waals surface area (Å²) in [5, 5.41) is 13.0. The van der Waals surface area contributed by atoms with Crippen LogP contribution in [-0.4, -0.2) is 40.8 Å². The molecule has 0 saturated carbocycles. The lowest BCUT2D eigenvalue weighted by Crippen LogP contribution is -2.60. The van der Waals surface area contributed by atoms with Crippen molar-refractivity contribution in [3.05, 3.63) is 23.8 Å². The van der Waals surface area contributed by atoms with Gasteiger partial charge in [-0.05, 0) is 37.0 Å². The molecule has 0 aliphatic carbocycles. The lowest BCUT2D eigenvalue weighted by molar-refractivity contribution is -0.188. The van der Waals surface area contributed by atoms with Crippen LogP contribution in [0.4, 0.5) is 0 Å². The highest BCUT2D eigenvalue weighted by atomic mass is 16.6. The van der Waals surface area contributed by atoms with Gasteiger partial charge in [-0.2, -0.15) is 0 Å². The third kappa shape index (κ3) is 7.64. The Balaban J connectivity index is 3.44. The maximum absolute atomic E-state index is 12.7. The molecule has 0 bridgehead atoms. The van der Waals surface area contributed by atoms with Crippen molar-refractivity contribution in [2.45, 2.75) is 73.1 Å². The second-order valence-corrected chi connectivity index (χ2v) is 8.18. The molecule has 9 heteroatoms. The molecule has 0 heterocycles. The summed E-state index contributed by atoms with van der Waals surface area (Å²) in [5.74, 6) is -3.86. The van der Waals surface area contributed by atoms with E-state index in [1.54, 1.807) is 13.8 Å². The van der Waals surface area contributed by atoms with Crippen LogP contribution in [0, 0.1) is 11.8 Å². The summed E-state index contributed by atoms with van der Waals surface area (Å²) < 4.78 is 15.7. The fourth-order valence-electron chi connectivity index (χ4n) is 2.76. The molecular weight excluding hydrogens is 418 g/mol. The summed E-state index contributed by atoms with van der Waals surface area (Å²) in [7, 11) is 0. The van der Waals surface area contributed by atoms with E-state index >= 15 is 0 Å². The fourth-order valence-corrected chi connectivity index (χ4v) is 2.76. The molecule has 1 aromatic carbocycles. The molecular formula is C23H33NO8.